The zero-order valence-electron chi connectivity index (χ0n) is 20.0. The molecule has 0 saturated carbocycles. The van der Waals surface area contributed by atoms with Crippen molar-refractivity contribution in [1.29, 1.82) is 0 Å². The molecule has 0 radical (unpaired) electrons. The van der Waals surface area contributed by atoms with Crippen LogP contribution in [0.5, 0.6) is 5.88 Å². The number of rotatable bonds is 8. The summed E-state index contributed by atoms with van der Waals surface area (Å²) in [7, 11) is 3.72. The van der Waals surface area contributed by atoms with Gasteiger partial charge < -0.3 is 14.4 Å². The van der Waals surface area contributed by atoms with E-state index in [9.17, 15) is 4.79 Å². The number of carbonyl (C=O) groups is 1. The Morgan fingerprint density at radius 3 is 2.65 bits per heavy atom. The van der Waals surface area contributed by atoms with E-state index >= 15 is 0 Å². The number of ether oxygens (including phenoxy) is 2. The number of anilines is 2. The van der Waals surface area contributed by atoms with E-state index < -0.39 is 0 Å². The first-order valence-corrected chi connectivity index (χ1v) is 11.9. The number of aryl methyl sites for hydroxylation is 1. The van der Waals surface area contributed by atoms with Crippen LogP contribution in [0, 0.1) is 0 Å². The van der Waals surface area contributed by atoms with Crippen LogP contribution in [0.3, 0.4) is 0 Å². The fourth-order valence-corrected chi connectivity index (χ4v) is 4.72. The highest BCUT2D eigenvalue weighted by Gasteiger charge is 2.37. The smallest absolute Gasteiger partial charge is 0.414 e. The van der Waals surface area contributed by atoms with Gasteiger partial charge in [0, 0.05) is 43.6 Å². The SMILES string of the molecule is CCCc1ccc(N2CC(CN(C)C3CN(c4ccnc5ccc(OC)nc45)C3)OC2=O)cc1. The topological polar surface area (TPSA) is 71.0 Å². The Balaban J connectivity index is 1.18. The minimum atomic E-state index is -0.264. The molecule has 0 aliphatic carbocycles. The van der Waals surface area contributed by atoms with Crippen molar-refractivity contribution >= 4 is 28.5 Å². The molecule has 34 heavy (non-hydrogen) atoms. The van der Waals surface area contributed by atoms with Gasteiger partial charge >= 0.3 is 6.09 Å². The minimum absolute atomic E-state index is 0.144. The molecular weight excluding hydrogens is 430 g/mol. The van der Waals surface area contributed by atoms with Gasteiger partial charge in [-0.3, -0.25) is 14.8 Å². The van der Waals surface area contributed by atoms with Crippen LogP contribution in [0.25, 0.3) is 11.0 Å². The van der Waals surface area contributed by atoms with Crippen LogP contribution >= 0.6 is 0 Å². The molecule has 0 spiro atoms. The largest absolute Gasteiger partial charge is 0.481 e. The van der Waals surface area contributed by atoms with Crippen molar-refractivity contribution in [2.75, 3.05) is 50.1 Å². The molecule has 2 aliphatic heterocycles. The molecule has 4 heterocycles. The lowest BCUT2D eigenvalue weighted by molar-refractivity contribution is 0.0957. The number of amides is 1. The van der Waals surface area contributed by atoms with E-state index in [-0.39, 0.29) is 12.2 Å². The molecule has 0 N–H and O–H groups in total. The number of carbonyl (C=O) groups excluding carboxylic acids is 1. The van der Waals surface area contributed by atoms with Crippen LogP contribution < -0.4 is 14.5 Å². The van der Waals surface area contributed by atoms with Gasteiger partial charge in [0.05, 0.1) is 24.9 Å². The van der Waals surface area contributed by atoms with E-state index in [2.05, 4.69) is 45.9 Å². The summed E-state index contributed by atoms with van der Waals surface area (Å²) in [6, 6.07) is 14.4. The van der Waals surface area contributed by atoms with Crippen LogP contribution in [0.2, 0.25) is 0 Å². The van der Waals surface area contributed by atoms with Gasteiger partial charge in [0.25, 0.3) is 0 Å². The lowest BCUT2D eigenvalue weighted by atomic mass is 10.1. The molecule has 0 bridgehead atoms. The number of hydrogen-bond donors (Lipinski definition) is 0. The molecule has 1 amide bonds. The maximum atomic E-state index is 12.5. The first-order chi connectivity index (χ1) is 16.6. The summed E-state index contributed by atoms with van der Waals surface area (Å²) in [5.74, 6) is 0.587. The summed E-state index contributed by atoms with van der Waals surface area (Å²) < 4.78 is 11.0. The maximum Gasteiger partial charge on any atom is 0.414 e. The number of methoxy groups -OCH3 is 1. The highest BCUT2D eigenvalue weighted by Crippen LogP contribution is 2.30. The van der Waals surface area contributed by atoms with Gasteiger partial charge in [-0.1, -0.05) is 25.5 Å². The number of pyridine rings is 2. The number of fused-ring (bicyclic) bond motifs is 1. The number of hydrogen-bond acceptors (Lipinski definition) is 7. The Kier molecular flexibility index (Phi) is 6.24. The van der Waals surface area contributed by atoms with Crippen LogP contribution in [-0.2, 0) is 11.2 Å². The van der Waals surface area contributed by atoms with Crippen LogP contribution in [0.15, 0.2) is 48.7 Å². The normalized spacial score (nSPS) is 18.5. The van der Waals surface area contributed by atoms with Crippen LogP contribution in [0.1, 0.15) is 18.9 Å². The Labute approximate surface area is 200 Å². The van der Waals surface area contributed by atoms with Crippen molar-refractivity contribution in [3.63, 3.8) is 0 Å². The van der Waals surface area contributed by atoms with Crippen molar-refractivity contribution in [3.8, 4) is 5.88 Å². The quantitative estimate of drug-likeness (QED) is 0.506. The molecule has 2 fully saturated rings. The fourth-order valence-electron chi connectivity index (χ4n) is 4.72. The van der Waals surface area contributed by atoms with Gasteiger partial charge in [0.2, 0.25) is 5.88 Å². The summed E-state index contributed by atoms with van der Waals surface area (Å²) in [6.45, 7) is 5.22. The third-order valence-corrected chi connectivity index (χ3v) is 6.72. The van der Waals surface area contributed by atoms with Crippen molar-refractivity contribution < 1.29 is 14.3 Å². The Hall–Kier alpha value is -3.39. The number of likely N-dealkylation sites (N-methyl/N-ethyl adjacent to an activating group) is 1. The number of benzene rings is 1. The van der Waals surface area contributed by atoms with Gasteiger partial charge in [0.15, 0.2) is 0 Å². The lowest BCUT2D eigenvalue weighted by Crippen LogP contribution is -2.59. The maximum absolute atomic E-state index is 12.5. The van der Waals surface area contributed by atoms with Crippen molar-refractivity contribution in [1.82, 2.24) is 14.9 Å². The summed E-state index contributed by atoms with van der Waals surface area (Å²) in [4.78, 5) is 27.9. The molecule has 178 valence electrons. The van der Waals surface area contributed by atoms with E-state index in [0.717, 1.165) is 48.3 Å². The van der Waals surface area contributed by atoms with Gasteiger partial charge in [-0.15, -0.1) is 0 Å². The van der Waals surface area contributed by atoms with E-state index in [1.165, 1.54) is 5.56 Å². The number of nitrogens with zero attached hydrogens (tertiary/aromatic N) is 5. The highest BCUT2D eigenvalue weighted by molar-refractivity contribution is 5.90. The molecule has 8 heteroatoms. The monoisotopic (exact) mass is 461 g/mol. The fraction of sp³-hybridized carbons (Fsp3) is 0.423. The predicted octanol–water partition coefficient (Wildman–Crippen LogP) is 3.74. The van der Waals surface area contributed by atoms with Gasteiger partial charge in [-0.2, -0.15) is 0 Å². The third-order valence-electron chi connectivity index (χ3n) is 6.72. The molecule has 3 aromatic rings. The third kappa shape index (κ3) is 4.37. The molecular formula is C26H31N5O3. The first-order valence-electron chi connectivity index (χ1n) is 11.9. The predicted molar refractivity (Wildman–Crippen MR) is 133 cm³/mol. The zero-order valence-corrected chi connectivity index (χ0v) is 20.0. The van der Waals surface area contributed by atoms with Crippen molar-refractivity contribution in [3.05, 3.63) is 54.2 Å². The Bertz CT molecular complexity index is 1160. The van der Waals surface area contributed by atoms with Gasteiger partial charge in [-0.05, 0) is 43.3 Å². The van der Waals surface area contributed by atoms with Gasteiger partial charge in [-0.25, -0.2) is 9.78 Å². The average Bonchev–Trinajstić information content (AvgIpc) is 3.18. The number of aromatic nitrogens is 2. The standard InChI is InChI=1S/C26H31N5O3/c1-4-5-18-6-8-19(9-7-18)31-17-21(34-26(31)32)16-29(2)20-14-30(15-20)23-12-13-27-22-10-11-24(33-3)28-25(22)23/h6-13,20-21H,4-5,14-17H2,1-3H3. The van der Waals surface area contributed by atoms with Gasteiger partial charge in [0.1, 0.15) is 11.6 Å². The zero-order chi connectivity index (χ0) is 23.7. The summed E-state index contributed by atoms with van der Waals surface area (Å²) in [6.07, 6.45) is 3.58. The van der Waals surface area contributed by atoms with Crippen molar-refractivity contribution in [2.45, 2.75) is 31.9 Å². The van der Waals surface area contributed by atoms with E-state index in [0.29, 0.717) is 25.0 Å². The lowest BCUT2D eigenvalue weighted by Gasteiger charge is -2.45. The highest BCUT2D eigenvalue weighted by atomic mass is 16.6. The first kappa shape index (κ1) is 22.4. The van der Waals surface area contributed by atoms with Crippen molar-refractivity contribution in [2.24, 2.45) is 0 Å². The minimum Gasteiger partial charge on any atom is -0.481 e. The summed E-state index contributed by atoms with van der Waals surface area (Å²) in [5, 5.41) is 0. The molecule has 8 nitrogen and oxygen atoms in total. The van der Waals surface area contributed by atoms with E-state index in [1.54, 1.807) is 12.0 Å². The summed E-state index contributed by atoms with van der Waals surface area (Å²) >= 11 is 0. The molecule has 1 unspecified atom stereocenters. The average molecular weight is 462 g/mol. The molecule has 1 atom stereocenters. The van der Waals surface area contributed by atoms with E-state index in [1.807, 2.05) is 36.5 Å². The molecule has 1 aromatic carbocycles. The second-order valence-corrected chi connectivity index (χ2v) is 9.08. The molecule has 2 aromatic heterocycles. The molecule has 2 aliphatic rings. The second-order valence-electron chi connectivity index (χ2n) is 9.08. The van der Waals surface area contributed by atoms with Crippen LogP contribution in [-0.4, -0.2) is 73.4 Å². The van der Waals surface area contributed by atoms with Crippen LogP contribution in [0.4, 0.5) is 16.2 Å². The Morgan fingerprint density at radius 1 is 1.12 bits per heavy atom. The molecule has 2 saturated heterocycles. The summed E-state index contributed by atoms with van der Waals surface area (Å²) in [5.41, 5.74) is 4.97. The molecule has 5 rings (SSSR count). The number of cyclic esters (lactones) is 1. The Morgan fingerprint density at radius 2 is 1.91 bits per heavy atom. The van der Waals surface area contributed by atoms with E-state index in [4.69, 9.17) is 9.47 Å². The second kappa shape index (κ2) is 9.46.